The second-order valence-electron chi connectivity index (χ2n) is 1.40. The monoisotopic (exact) mass is 182 g/mol. The maximum atomic E-state index is 8.88. The van der Waals surface area contributed by atoms with Crippen molar-refractivity contribution in [1.29, 1.82) is 0 Å². The van der Waals surface area contributed by atoms with Crippen LogP contribution in [0, 0.1) is 0 Å². The minimum Gasteiger partial charge on any atom is -0.303 e. The van der Waals surface area contributed by atoms with Crippen LogP contribution in [0.1, 0.15) is 0 Å². The Kier molecular flexibility index (Phi) is 4.62. The van der Waals surface area contributed by atoms with Gasteiger partial charge in [-0.2, -0.15) is 0 Å². The Morgan fingerprint density at radius 2 is 1.40 bits per heavy atom. The van der Waals surface area contributed by atoms with Crippen molar-refractivity contribution in [2.45, 2.75) is 0 Å². The van der Waals surface area contributed by atoms with Crippen LogP contribution in [0.3, 0.4) is 0 Å². The maximum absolute atomic E-state index is 8.88. The highest BCUT2D eigenvalue weighted by molar-refractivity contribution is 7.45. The third-order valence-electron chi connectivity index (χ3n) is 0.496. The normalized spacial score (nSPS) is 9.90. The van der Waals surface area contributed by atoms with Crippen molar-refractivity contribution < 1.29 is 19.2 Å². The summed E-state index contributed by atoms with van der Waals surface area (Å²) >= 11 is 0. The van der Waals surface area contributed by atoms with Gasteiger partial charge in [0.25, 0.3) is 0 Å². The first-order valence-corrected chi connectivity index (χ1v) is 5.08. The molecule has 0 saturated carbocycles. The molecule has 1 aromatic rings. The van der Waals surface area contributed by atoms with E-state index in [2.05, 4.69) is 23.7 Å². The molecular weight excluding hydrogens is 174 g/mol. The van der Waals surface area contributed by atoms with Gasteiger partial charge in [0.1, 0.15) is 0 Å². The van der Waals surface area contributed by atoms with Crippen LogP contribution in [-0.2, 0) is 4.57 Å². The van der Waals surface area contributed by atoms with Crippen molar-refractivity contribution in [3.63, 3.8) is 0 Å². The van der Waals surface area contributed by atoms with Crippen LogP contribution >= 0.6 is 16.0 Å². The van der Waals surface area contributed by atoms with Crippen LogP contribution in [0.25, 0.3) is 0 Å². The lowest BCUT2D eigenvalue weighted by molar-refractivity contribution is 0.275. The highest BCUT2D eigenvalue weighted by Crippen LogP contribution is 2.25. The summed E-state index contributed by atoms with van der Waals surface area (Å²) in [6.45, 7) is 0. The molecule has 0 atom stereocenters. The molecule has 1 rings (SSSR count). The van der Waals surface area contributed by atoms with Crippen molar-refractivity contribution >= 4 is 16.0 Å². The summed E-state index contributed by atoms with van der Waals surface area (Å²) in [5, 5.41) is 0. The molecule has 0 saturated heterocycles. The van der Waals surface area contributed by atoms with Gasteiger partial charge in [0.2, 0.25) is 0 Å². The molecule has 0 spiro atoms. The van der Waals surface area contributed by atoms with Crippen molar-refractivity contribution in [2.24, 2.45) is 0 Å². The number of phosphoric acid groups is 1. The summed E-state index contributed by atoms with van der Waals surface area (Å²) in [6.07, 6.45) is 0. The molecule has 1 heterocycles. The molecule has 58 valence electrons. The average Bonchev–Trinajstić information content (AvgIpc) is 2.07. The van der Waals surface area contributed by atoms with E-state index in [9.17, 15) is 0 Å². The van der Waals surface area contributed by atoms with Gasteiger partial charge in [-0.3, -0.25) is 0 Å². The van der Waals surface area contributed by atoms with Crippen LogP contribution in [0.2, 0.25) is 0 Å². The van der Waals surface area contributed by atoms with Crippen molar-refractivity contribution in [1.82, 2.24) is 0 Å². The predicted molar refractivity (Wildman–Crippen MR) is 40.2 cm³/mol. The second-order valence-corrected chi connectivity index (χ2v) is 3.42. The molecule has 0 aliphatic heterocycles. The highest BCUT2D eigenvalue weighted by Gasteiger charge is 2.00. The summed E-state index contributed by atoms with van der Waals surface area (Å²) in [4.78, 5) is 21.6. The molecule has 10 heavy (non-hydrogen) atoms. The predicted octanol–water partition coefficient (Wildman–Crippen LogP) is 0.789. The van der Waals surface area contributed by atoms with E-state index in [0.717, 1.165) is 8.19 Å². The summed E-state index contributed by atoms with van der Waals surface area (Å²) < 4.78 is 8.88. The molecule has 3 N–H and O–H groups in total. The molecule has 0 unspecified atom stereocenters. The third kappa shape index (κ3) is 15.7. The second kappa shape index (κ2) is 4.67. The minimum absolute atomic E-state index is 0.948. The topological polar surface area (TPSA) is 77.8 Å². The van der Waals surface area contributed by atoms with E-state index in [1.54, 1.807) is 0 Å². The lowest BCUT2D eigenvalue weighted by atomic mass is 10.7. The molecule has 6 heteroatoms. The minimum atomic E-state index is -4.64. The molecule has 0 aliphatic carbocycles. The first kappa shape index (κ1) is 9.89. The fraction of sp³-hybridized carbons (Fsp3) is 0. The zero-order chi connectivity index (χ0) is 8.04. The van der Waals surface area contributed by atoms with Gasteiger partial charge in [-0.05, 0) is 11.6 Å². The largest absolute Gasteiger partial charge is 0.466 e. The molecule has 0 aliphatic rings. The van der Waals surface area contributed by atoms with Crippen LogP contribution in [0.5, 0.6) is 0 Å². The lowest BCUT2D eigenvalue weighted by Gasteiger charge is -1.82. The Labute approximate surface area is 59.9 Å². The van der Waals surface area contributed by atoms with Gasteiger partial charge in [-0.25, -0.2) is 4.57 Å². The molecule has 0 radical (unpaired) electrons. The van der Waals surface area contributed by atoms with E-state index < -0.39 is 7.82 Å². The van der Waals surface area contributed by atoms with Gasteiger partial charge >= 0.3 is 7.82 Å². The molecule has 0 bridgehead atoms. The highest BCUT2D eigenvalue weighted by atomic mass is 31.2. The van der Waals surface area contributed by atoms with Crippen molar-refractivity contribution in [3.05, 3.63) is 23.7 Å². The Hall–Kier alpha value is -0.110. The Bertz CT molecular complexity index is 164. The van der Waals surface area contributed by atoms with Crippen LogP contribution in [-0.4, -0.2) is 14.7 Å². The summed E-state index contributed by atoms with van der Waals surface area (Å²) in [5.74, 6) is 4.31. The quantitative estimate of drug-likeness (QED) is 0.518. The molecule has 0 aromatic carbocycles. The van der Waals surface area contributed by atoms with Gasteiger partial charge in [0.15, 0.2) is 0 Å². The van der Waals surface area contributed by atoms with Gasteiger partial charge in [-0.1, -0.05) is 12.1 Å². The van der Waals surface area contributed by atoms with Gasteiger partial charge in [0, 0.05) is 0 Å². The SMILES string of the molecule is O=P(O)(O)O.c1cc[pH]c1. The smallest absolute Gasteiger partial charge is 0.303 e. The van der Waals surface area contributed by atoms with E-state index in [-0.39, 0.29) is 0 Å². The molecular formula is C4H8O4P2. The summed E-state index contributed by atoms with van der Waals surface area (Å²) in [5.41, 5.74) is 0. The summed E-state index contributed by atoms with van der Waals surface area (Å²) in [7, 11) is -3.69. The van der Waals surface area contributed by atoms with E-state index in [1.165, 1.54) is 0 Å². The lowest BCUT2D eigenvalue weighted by Crippen LogP contribution is -1.66. The van der Waals surface area contributed by atoms with Crippen molar-refractivity contribution in [3.8, 4) is 0 Å². The van der Waals surface area contributed by atoms with E-state index in [4.69, 9.17) is 19.2 Å². The molecule has 4 nitrogen and oxygen atoms in total. The molecule has 0 fully saturated rings. The summed E-state index contributed by atoms with van der Waals surface area (Å²) in [6, 6.07) is 4.14. The number of hydrogen-bond donors (Lipinski definition) is 3. The fourth-order valence-electron chi connectivity index (χ4n) is 0.278. The standard InChI is InChI=1S/C4H5P.H3O4P/c1-2-4-5-3-1;1-5(2,3)4/h1-5H;(H3,1,2,3,4). The average molecular weight is 182 g/mol. The van der Waals surface area contributed by atoms with Crippen LogP contribution < -0.4 is 0 Å². The van der Waals surface area contributed by atoms with Crippen molar-refractivity contribution in [2.75, 3.05) is 0 Å². The van der Waals surface area contributed by atoms with Gasteiger partial charge in [0.05, 0.1) is 0 Å². The molecule has 1 aromatic heterocycles. The first-order valence-electron chi connectivity index (χ1n) is 2.36. The Morgan fingerprint density at radius 1 is 1.10 bits per heavy atom. The Balaban J connectivity index is 0.000000162. The third-order valence-corrected chi connectivity index (χ3v) is 1.27. The Morgan fingerprint density at radius 3 is 1.50 bits per heavy atom. The van der Waals surface area contributed by atoms with Gasteiger partial charge in [-0.15, -0.1) is 8.19 Å². The number of hydrogen-bond acceptors (Lipinski definition) is 1. The van der Waals surface area contributed by atoms with Gasteiger partial charge < -0.3 is 14.7 Å². The molecule has 0 amide bonds. The van der Waals surface area contributed by atoms with Crippen LogP contribution in [0.4, 0.5) is 0 Å². The van der Waals surface area contributed by atoms with E-state index in [1.807, 2.05) is 0 Å². The fourth-order valence-corrected chi connectivity index (χ4v) is 0.833. The number of rotatable bonds is 0. The van der Waals surface area contributed by atoms with Crippen LogP contribution in [0.15, 0.2) is 23.7 Å². The van der Waals surface area contributed by atoms with E-state index in [0.29, 0.717) is 0 Å². The van der Waals surface area contributed by atoms with E-state index >= 15 is 0 Å². The first-order chi connectivity index (χ1) is 4.50. The zero-order valence-electron chi connectivity index (χ0n) is 5.01. The zero-order valence-corrected chi connectivity index (χ0v) is 6.90. The maximum Gasteiger partial charge on any atom is 0.466 e.